The highest BCUT2D eigenvalue weighted by molar-refractivity contribution is 7.86. The van der Waals surface area contributed by atoms with Crippen LogP contribution in [0.2, 0.25) is 0 Å². The molecule has 1 aliphatic heterocycles. The van der Waals surface area contributed by atoms with E-state index in [0.29, 0.717) is 30.2 Å². The van der Waals surface area contributed by atoms with Crippen LogP contribution in [0.4, 0.5) is 10.1 Å². The Hall–Kier alpha value is -2.73. The zero-order valence-electron chi connectivity index (χ0n) is 20.6. The second-order valence-electron chi connectivity index (χ2n) is 10.4. The highest BCUT2D eigenvalue weighted by Crippen LogP contribution is 2.44. The predicted molar refractivity (Wildman–Crippen MR) is 136 cm³/mol. The van der Waals surface area contributed by atoms with E-state index in [2.05, 4.69) is 22.3 Å². The number of anilines is 1. The van der Waals surface area contributed by atoms with Crippen LogP contribution in [0, 0.1) is 22.0 Å². The molecule has 9 heteroatoms. The van der Waals surface area contributed by atoms with Crippen molar-refractivity contribution in [1.82, 2.24) is 10.3 Å². The van der Waals surface area contributed by atoms with Crippen LogP contribution < -0.4 is 10.2 Å². The molecule has 1 amide bonds. The summed E-state index contributed by atoms with van der Waals surface area (Å²) in [5.74, 6) is 1.82. The van der Waals surface area contributed by atoms with E-state index < -0.39 is 12.1 Å². The van der Waals surface area contributed by atoms with Crippen molar-refractivity contribution >= 4 is 22.3 Å². The van der Waals surface area contributed by atoms with E-state index in [-0.39, 0.29) is 40.9 Å². The third-order valence-electron chi connectivity index (χ3n) is 6.82. The number of hydrogen-bond donors (Lipinski definition) is 2. The van der Waals surface area contributed by atoms with E-state index in [1.165, 1.54) is 0 Å². The zero-order chi connectivity index (χ0) is 25.2. The van der Waals surface area contributed by atoms with Gasteiger partial charge in [0.05, 0.1) is 11.8 Å². The predicted octanol–water partition coefficient (Wildman–Crippen LogP) is 4.70. The molecule has 0 bridgehead atoms. The van der Waals surface area contributed by atoms with E-state index in [0.717, 1.165) is 35.8 Å². The molecule has 2 aliphatic rings. The number of rotatable bonds is 5. The molecule has 1 aromatic heterocycles. The molecule has 1 aromatic carbocycles. The Morgan fingerprint density at radius 1 is 1.29 bits per heavy atom. The van der Waals surface area contributed by atoms with Crippen LogP contribution in [0.25, 0.3) is 11.3 Å². The van der Waals surface area contributed by atoms with Gasteiger partial charge in [-0.1, -0.05) is 20.8 Å². The molecular weight excluding hydrogens is 465 g/mol. The van der Waals surface area contributed by atoms with Crippen molar-refractivity contribution in [3.63, 3.8) is 0 Å². The van der Waals surface area contributed by atoms with Crippen molar-refractivity contribution in [1.29, 1.82) is 10.0 Å². The second-order valence-corrected chi connectivity index (χ2v) is 12.2. The van der Waals surface area contributed by atoms with Crippen LogP contribution in [0.3, 0.4) is 0 Å². The Morgan fingerprint density at radius 2 is 1.97 bits per heavy atom. The van der Waals surface area contributed by atoms with Gasteiger partial charge in [0.25, 0.3) is 0 Å². The second kappa shape index (κ2) is 10.5. The lowest BCUT2D eigenvalue weighted by molar-refractivity contribution is -0.127. The molecule has 1 saturated heterocycles. The van der Waals surface area contributed by atoms with Gasteiger partial charge in [0.2, 0.25) is 11.8 Å². The third-order valence-corrected chi connectivity index (χ3v) is 8.17. The fourth-order valence-electron chi connectivity index (χ4n) is 4.84. The molecule has 2 aromatic rings. The van der Waals surface area contributed by atoms with Crippen LogP contribution in [0.5, 0.6) is 0 Å². The lowest BCUT2D eigenvalue weighted by atomic mass is 9.75. The van der Waals surface area contributed by atoms with Crippen molar-refractivity contribution in [2.75, 3.05) is 36.0 Å². The summed E-state index contributed by atoms with van der Waals surface area (Å²) in [6, 6.07) is 10.1. The summed E-state index contributed by atoms with van der Waals surface area (Å²) < 4.78 is 28.6. The quantitative estimate of drug-likeness (QED) is 0.580. The standard InChI is InChI=1S/C26H34FN5O2S/c1-26(2,3)25-31-22(20-9-6-18(27)16-21(20)24(33)30-11-10-28)23(34-25)17-4-7-19(8-5-17)32-12-14-35(29)15-13-32/h4-5,7-8,18,20-21,29H,6,9,11-16H2,1-3H3,(H,30,33)/t18-,20+,21?/m0/s1. The van der Waals surface area contributed by atoms with Crippen LogP contribution >= 0.6 is 0 Å². The Morgan fingerprint density at radius 3 is 2.60 bits per heavy atom. The maximum absolute atomic E-state index is 14.4. The first kappa shape index (κ1) is 25.4. The van der Waals surface area contributed by atoms with Crippen molar-refractivity contribution in [2.45, 2.75) is 57.5 Å². The number of carbonyl (C=O) groups excluding carboxylic acids is 1. The van der Waals surface area contributed by atoms with Gasteiger partial charge >= 0.3 is 0 Å². The van der Waals surface area contributed by atoms with Gasteiger partial charge in [-0.15, -0.1) is 10.7 Å². The molecule has 1 unspecified atom stereocenters. The largest absolute Gasteiger partial charge is 0.440 e. The summed E-state index contributed by atoms with van der Waals surface area (Å²) in [7, 11) is -0.235. The van der Waals surface area contributed by atoms with Crippen LogP contribution in [0.15, 0.2) is 28.7 Å². The topological polar surface area (TPSA) is 106 Å². The number of nitrogens with one attached hydrogen (secondary N) is 2. The first-order valence-electron chi connectivity index (χ1n) is 12.2. The SMILES string of the molecule is CC(C)(C)c1nc([C@@H]2CC[C@H](F)CC2C(=O)NCC#N)c(-c2ccc(N3CCS(=N)CC3)cc2)o1. The number of hydrogen-bond acceptors (Lipinski definition) is 6. The number of nitrogens with zero attached hydrogens (tertiary/aromatic N) is 3. The molecule has 1 saturated carbocycles. The molecule has 188 valence electrons. The Kier molecular flexibility index (Phi) is 7.60. The van der Waals surface area contributed by atoms with Gasteiger partial charge < -0.3 is 14.6 Å². The third kappa shape index (κ3) is 5.75. The first-order chi connectivity index (χ1) is 16.7. The van der Waals surface area contributed by atoms with Crippen LogP contribution in [0.1, 0.15) is 57.5 Å². The number of oxazole rings is 1. The van der Waals surface area contributed by atoms with E-state index in [9.17, 15) is 9.18 Å². The van der Waals surface area contributed by atoms with Crippen molar-refractivity contribution < 1.29 is 13.6 Å². The number of aromatic nitrogens is 1. The summed E-state index contributed by atoms with van der Waals surface area (Å²) in [5.41, 5.74) is 2.36. The molecule has 3 atom stereocenters. The fraction of sp³-hybridized carbons (Fsp3) is 0.577. The molecule has 2 heterocycles. The zero-order valence-corrected chi connectivity index (χ0v) is 21.5. The number of carbonyl (C=O) groups is 1. The maximum Gasteiger partial charge on any atom is 0.224 e. The summed E-state index contributed by atoms with van der Waals surface area (Å²) in [6.45, 7) is 7.77. The molecule has 1 aliphatic carbocycles. The summed E-state index contributed by atoms with van der Waals surface area (Å²) in [5, 5.41) is 11.5. The normalized spacial score (nSPS) is 23.6. The van der Waals surface area contributed by atoms with Gasteiger partial charge in [0.15, 0.2) is 5.76 Å². The van der Waals surface area contributed by atoms with Crippen molar-refractivity contribution in [3.05, 3.63) is 35.9 Å². The van der Waals surface area contributed by atoms with E-state index >= 15 is 0 Å². The number of nitriles is 1. The number of amides is 1. The van der Waals surface area contributed by atoms with E-state index in [1.54, 1.807) is 0 Å². The van der Waals surface area contributed by atoms with E-state index in [1.807, 2.05) is 39.0 Å². The smallest absolute Gasteiger partial charge is 0.224 e. The van der Waals surface area contributed by atoms with Gasteiger partial charge in [0, 0.05) is 53.1 Å². The van der Waals surface area contributed by atoms with Gasteiger partial charge in [-0.25, -0.2) is 9.37 Å². The van der Waals surface area contributed by atoms with Gasteiger partial charge in [-0.3, -0.25) is 9.57 Å². The fourth-order valence-corrected chi connectivity index (χ4v) is 5.93. The lowest BCUT2D eigenvalue weighted by Crippen LogP contribution is -2.38. The number of benzene rings is 1. The first-order valence-corrected chi connectivity index (χ1v) is 13.8. The molecule has 0 radical (unpaired) electrons. The molecule has 0 spiro atoms. The average molecular weight is 500 g/mol. The minimum absolute atomic E-state index is 0.0999. The number of alkyl halides is 1. The Labute approximate surface area is 209 Å². The summed E-state index contributed by atoms with van der Waals surface area (Å²) in [4.78, 5) is 20.1. The molecule has 4 rings (SSSR count). The Bertz CT molecular complexity index is 1110. The minimum Gasteiger partial charge on any atom is -0.440 e. The van der Waals surface area contributed by atoms with Crippen molar-refractivity contribution in [3.8, 4) is 17.4 Å². The van der Waals surface area contributed by atoms with Gasteiger partial charge in [0.1, 0.15) is 12.7 Å². The van der Waals surface area contributed by atoms with Crippen molar-refractivity contribution in [2.24, 2.45) is 5.92 Å². The number of halogens is 1. The summed E-state index contributed by atoms with van der Waals surface area (Å²) in [6.07, 6.45) is -0.0649. The van der Waals surface area contributed by atoms with Crippen LogP contribution in [-0.4, -0.2) is 48.2 Å². The van der Waals surface area contributed by atoms with Gasteiger partial charge in [-0.05, 0) is 43.5 Å². The molecule has 2 N–H and O–H groups in total. The average Bonchev–Trinajstić information content (AvgIpc) is 3.29. The highest BCUT2D eigenvalue weighted by atomic mass is 32.2. The minimum atomic E-state index is -1.05. The summed E-state index contributed by atoms with van der Waals surface area (Å²) >= 11 is 0. The monoisotopic (exact) mass is 499 g/mol. The molecule has 2 fully saturated rings. The highest BCUT2D eigenvalue weighted by Gasteiger charge is 2.40. The molecule has 7 nitrogen and oxygen atoms in total. The lowest BCUT2D eigenvalue weighted by Gasteiger charge is -2.31. The molecular formula is C26H34FN5O2S. The van der Waals surface area contributed by atoms with Gasteiger partial charge in [-0.2, -0.15) is 5.26 Å². The maximum atomic E-state index is 14.4. The van der Waals surface area contributed by atoms with Crippen LogP contribution in [-0.2, 0) is 20.9 Å². The Balaban J connectivity index is 1.68. The van der Waals surface area contributed by atoms with E-state index in [4.69, 9.17) is 19.4 Å². The molecule has 35 heavy (non-hydrogen) atoms.